The van der Waals surface area contributed by atoms with Crippen LogP contribution in [0.25, 0.3) is 10.9 Å². The molecule has 26 heavy (non-hydrogen) atoms. The Kier molecular flexibility index (Phi) is 4.73. The Morgan fingerprint density at radius 1 is 1.46 bits per heavy atom. The van der Waals surface area contributed by atoms with Crippen molar-refractivity contribution in [2.45, 2.75) is 13.0 Å². The fourth-order valence-electron chi connectivity index (χ4n) is 2.49. The van der Waals surface area contributed by atoms with E-state index in [1.807, 2.05) is 6.07 Å². The molecule has 0 saturated carbocycles. The summed E-state index contributed by atoms with van der Waals surface area (Å²) in [6.07, 6.45) is 1.33. The van der Waals surface area contributed by atoms with Gasteiger partial charge in [-0.25, -0.2) is 9.37 Å². The number of benzene rings is 1. The minimum absolute atomic E-state index is 0.131. The number of rotatable bonds is 4. The van der Waals surface area contributed by atoms with Gasteiger partial charge in [0.15, 0.2) is 0 Å². The fourth-order valence-corrected chi connectivity index (χ4v) is 2.71. The van der Waals surface area contributed by atoms with Crippen molar-refractivity contribution in [1.82, 2.24) is 15.0 Å². The summed E-state index contributed by atoms with van der Waals surface area (Å²) in [5, 5.41) is 12.4. The van der Waals surface area contributed by atoms with Crippen LogP contribution < -0.4 is 15.6 Å². The number of nitrogens with one attached hydrogen (secondary N) is 2. The quantitative estimate of drug-likeness (QED) is 0.728. The topological polar surface area (TPSA) is 104 Å². The van der Waals surface area contributed by atoms with Crippen molar-refractivity contribution in [3.63, 3.8) is 0 Å². The lowest BCUT2D eigenvalue weighted by Gasteiger charge is -2.15. The molecular formula is C17H13ClFN5O2. The standard InChI is InChI=1S/C17H13ClFN5O2/c1-8(22-17-21-7-10(6-20)16(24-17)26-2)11-5-9-3-4-12(19)13(18)14(9)23-15(11)25/h3-5,7-8H,1-2H3,(H,23,25)(H,21,22,24). The summed E-state index contributed by atoms with van der Waals surface area (Å²) in [5.74, 6) is -0.274. The normalized spacial score (nSPS) is 11.8. The van der Waals surface area contributed by atoms with Gasteiger partial charge in [-0.05, 0) is 25.1 Å². The zero-order valence-corrected chi connectivity index (χ0v) is 14.6. The fraction of sp³-hybridized carbons (Fsp3) is 0.176. The minimum atomic E-state index is -0.605. The van der Waals surface area contributed by atoms with Crippen molar-refractivity contribution >= 4 is 28.5 Å². The second kappa shape index (κ2) is 6.98. The molecule has 1 atom stereocenters. The van der Waals surface area contributed by atoms with Crippen LogP contribution in [-0.4, -0.2) is 22.1 Å². The Morgan fingerprint density at radius 3 is 2.92 bits per heavy atom. The number of ether oxygens (including phenoxy) is 1. The summed E-state index contributed by atoms with van der Waals surface area (Å²) >= 11 is 5.90. The average molecular weight is 374 g/mol. The highest BCUT2D eigenvalue weighted by Crippen LogP contribution is 2.26. The van der Waals surface area contributed by atoms with Gasteiger partial charge in [0, 0.05) is 10.9 Å². The zero-order valence-electron chi connectivity index (χ0n) is 13.8. The molecule has 2 aromatic heterocycles. The molecule has 2 N–H and O–H groups in total. The van der Waals surface area contributed by atoms with Crippen LogP contribution in [0.4, 0.5) is 10.3 Å². The molecule has 0 saturated heterocycles. The molecule has 1 unspecified atom stereocenters. The first kappa shape index (κ1) is 17.6. The van der Waals surface area contributed by atoms with Gasteiger partial charge in [-0.2, -0.15) is 10.2 Å². The number of pyridine rings is 1. The largest absolute Gasteiger partial charge is 0.480 e. The number of aromatic nitrogens is 3. The van der Waals surface area contributed by atoms with E-state index in [0.29, 0.717) is 10.9 Å². The zero-order chi connectivity index (χ0) is 18.8. The van der Waals surface area contributed by atoms with Crippen LogP contribution in [0, 0.1) is 17.1 Å². The lowest BCUT2D eigenvalue weighted by Crippen LogP contribution is -2.20. The monoisotopic (exact) mass is 373 g/mol. The molecule has 1 aromatic carbocycles. The lowest BCUT2D eigenvalue weighted by molar-refractivity contribution is 0.396. The van der Waals surface area contributed by atoms with E-state index in [1.54, 1.807) is 13.0 Å². The highest BCUT2D eigenvalue weighted by Gasteiger charge is 2.16. The highest BCUT2D eigenvalue weighted by molar-refractivity contribution is 6.35. The maximum Gasteiger partial charge on any atom is 0.253 e. The van der Waals surface area contributed by atoms with Crippen molar-refractivity contribution in [2.24, 2.45) is 0 Å². The number of nitriles is 1. The Balaban J connectivity index is 1.97. The molecule has 7 nitrogen and oxygen atoms in total. The van der Waals surface area contributed by atoms with Crippen LogP contribution in [0.3, 0.4) is 0 Å². The molecule has 132 valence electrons. The van der Waals surface area contributed by atoms with Crippen LogP contribution in [0.15, 0.2) is 29.2 Å². The molecule has 2 heterocycles. The summed E-state index contributed by atoms with van der Waals surface area (Å²) in [7, 11) is 1.40. The SMILES string of the molecule is COc1nc(NC(C)c2cc3ccc(F)c(Cl)c3[nH]c2=O)ncc1C#N. The molecular weight excluding hydrogens is 361 g/mol. The smallest absolute Gasteiger partial charge is 0.253 e. The molecule has 0 bridgehead atoms. The number of hydrogen-bond donors (Lipinski definition) is 2. The first-order valence-electron chi connectivity index (χ1n) is 7.53. The summed E-state index contributed by atoms with van der Waals surface area (Å²) in [5.41, 5.74) is 0.424. The van der Waals surface area contributed by atoms with E-state index in [0.717, 1.165) is 0 Å². The molecule has 0 aliphatic heterocycles. The van der Waals surface area contributed by atoms with Crippen LogP contribution in [0.1, 0.15) is 24.1 Å². The third-order valence-corrected chi connectivity index (χ3v) is 4.19. The number of aromatic amines is 1. The molecule has 9 heteroatoms. The first-order valence-corrected chi connectivity index (χ1v) is 7.91. The number of nitrogens with zero attached hydrogens (tertiary/aromatic N) is 3. The first-order chi connectivity index (χ1) is 12.4. The molecule has 0 spiro atoms. The number of halogens is 2. The van der Waals surface area contributed by atoms with Gasteiger partial charge in [0.1, 0.15) is 22.5 Å². The van der Waals surface area contributed by atoms with Crippen molar-refractivity contribution in [3.8, 4) is 11.9 Å². The maximum atomic E-state index is 13.5. The van der Waals surface area contributed by atoms with Crippen LogP contribution in [-0.2, 0) is 0 Å². The third-order valence-electron chi connectivity index (χ3n) is 3.82. The maximum absolute atomic E-state index is 13.5. The predicted octanol–water partition coefficient (Wildman–Crippen LogP) is 3.16. The molecule has 0 aliphatic carbocycles. The van der Waals surface area contributed by atoms with E-state index < -0.39 is 17.4 Å². The van der Waals surface area contributed by atoms with Gasteiger partial charge in [-0.3, -0.25) is 4.79 Å². The second-order valence-electron chi connectivity index (χ2n) is 5.47. The van der Waals surface area contributed by atoms with E-state index in [1.165, 1.54) is 25.4 Å². The molecule has 0 radical (unpaired) electrons. The average Bonchev–Trinajstić information content (AvgIpc) is 2.64. The van der Waals surface area contributed by atoms with E-state index >= 15 is 0 Å². The van der Waals surface area contributed by atoms with E-state index in [4.69, 9.17) is 21.6 Å². The van der Waals surface area contributed by atoms with Crippen molar-refractivity contribution in [1.29, 1.82) is 5.26 Å². The number of H-pyrrole nitrogens is 1. The summed E-state index contributed by atoms with van der Waals surface area (Å²) in [6, 6.07) is 5.84. The van der Waals surface area contributed by atoms with Crippen molar-refractivity contribution in [3.05, 3.63) is 56.7 Å². The van der Waals surface area contributed by atoms with Gasteiger partial charge < -0.3 is 15.0 Å². The molecule has 3 rings (SSSR count). The van der Waals surface area contributed by atoms with E-state index in [9.17, 15) is 9.18 Å². The van der Waals surface area contributed by atoms with Gasteiger partial charge in [0.05, 0.1) is 24.9 Å². The number of hydrogen-bond acceptors (Lipinski definition) is 6. The Hall–Kier alpha value is -3.18. The van der Waals surface area contributed by atoms with Gasteiger partial charge in [0.2, 0.25) is 11.8 Å². The van der Waals surface area contributed by atoms with Crippen LogP contribution in [0.5, 0.6) is 5.88 Å². The number of anilines is 1. The highest BCUT2D eigenvalue weighted by atomic mass is 35.5. The molecule has 0 amide bonds. The van der Waals surface area contributed by atoms with Gasteiger partial charge in [-0.1, -0.05) is 11.6 Å². The van der Waals surface area contributed by atoms with Crippen molar-refractivity contribution in [2.75, 3.05) is 12.4 Å². The molecule has 0 fully saturated rings. The Labute approximate surface area is 152 Å². The lowest BCUT2D eigenvalue weighted by atomic mass is 10.1. The summed E-state index contributed by atoms with van der Waals surface area (Å²) < 4.78 is 18.6. The Bertz CT molecular complexity index is 1090. The summed E-state index contributed by atoms with van der Waals surface area (Å²) in [6.45, 7) is 1.75. The van der Waals surface area contributed by atoms with Crippen molar-refractivity contribution < 1.29 is 9.13 Å². The molecule has 0 aliphatic rings. The second-order valence-corrected chi connectivity index (χ2v) is 5.85. The van der Waals surface area contributed by atoms with E-state index in [-0.39, 0.29) is 27.9 Å². The Morgan fingerprint density at radius 2 is 2.23 bits per heavy atom. The van der Waals surface area contributed by atoms with Gasteiger partial charge >= 0.3 is 0 Å². The number of methoxy groups -OCH3 is 1. The summed E-state index contributed by atoms with van der Waals surface area (Å²) in [4.78, 5) is 23.1. The molecule has 3 aromatic rings. The third kappa shape index (κ3) is 3.17. The predicted molar refractivity (Wildman–Crippen MR) is 94.9 cm³/mol. The van der Waals surface area contributed by atoms with Gasteiger partial charge in [0.25, 0.3) is 5.56 Å². The number of fused-ring (bicyclic) bond motifs is 1. The minimum Gasteiger partial charge on any atom is -0.480 e. The van der Waals surface area contributed by atoms with Crippen LogP contribution in [0.2, 0.25) is 5.02 Å². The van der Waals surface area contributed by atoms with E-state index in [2.05, 4.69) is 20.3 Å². The van der Waals surface area contributed by atoms with Gasteiger partial charge in [-0.15, -0.1) is 0 Å². The van der Waals surface area contributed by atoms with Crippen LogP contribution >= 0.6 is 11.6 Å².